The Bertz CT molecular complexity index is 493. The SMILES string of the molecule is CNc1ccc(CN2CCCCCC2CO)cc1[N+](=O)[O-]. The first-order valence-corrected chi connectivity index (χ1v) is 7.45. The lowest BCUT2D eigenvalue weighted by molar-refractivity contribution is -0.384. The van der Waals surface area contributed by atoms with Gasteiger partial charge in [0, 0.05) is 25.7 Å². The van der Waals surface area contributed by atoms with E-state index in [2.05, 4.69) is 10.2 Å². The summed E-state index contributed by atoms with van der Waals surface area (Å²) >= 11 is 0. The molecule has 0 spiro atoms. The molecule has 0 amide bonds. The molecule has 1 aromatic rings. The Kier molecular flexibility index (Phi) is 5.52. The van der Waals surface area contributed by atoms with E-state index in [4.69, 9.17) is 0 Å². The van der Waals surface area contributed by atoms with E-state index in [-0.39, 0.29) is 23.3 Å². The Morgan fingerprint density at radius 2 is 2.24 bits per heavy atom. The van der Waals surface area contributed by atoms with Gasteiger partial charge in [0.05, 0.1) is 11.5 Å². The van der Waals surface area contributed by atoms with Gasteiger partial charge < -0.3 is 10.4 Å². The predicted molar refractivity (Wildman–Crippen MR) is 82.4 cm³/mol. The van der Waals surface area contributed by atoms with Crippen LogP contribution in [0.4, 0.5) is 11.4 Å². The van der Waals surface area contributed by atoms with Gasteiger partial charge in [-0.3, -0.25) is 15.0 Å². The number of nitro benzene ring substituents is 1. The zero-order valence-electron chi connectivity index (χ0n) is 12.4. The quantitative estimate of drug-likeness (QED) is 0.643. The van der Waals surface area contributed by atoms with E-state index in [0.717, 1.165) is 31.4 Å². The lowest BCUT2D eigenvalue weighted by Gasteiger charge is -2.28. The molecule has 0 aromatic heterocycles. The van der Waals surface area contributed by atoms with E-state index in [1.54, 1.807) is 19.2 Å². The smallest absolute Gasteiger partial charge is 0.292 e. The van der Waals surface area contributed by atoms with Gasteiger partial charge in [-0.15, -0.1) is 0 Å². The second kappa shape index (κ2) is 7.38. The van der Waals surface area contributed by atoms with E-state index in [1.807, 2.05) is 6.07 Å². The van der Waals surface area contributed by atoms with Crippen molar-refractivity contribution in [1.82, 2.24) is 4.90 Å². The Labute approximate surface area is 124 Å². The van der Waals surface area contributed by atoms with Crippen molar-refractivity contribution in [1.29, 1.82) is 0 Å². The Morgan fingerprint density at radius 1 is 1.43 bits per heavy atom. The van der Waals surface area contributed by atoms with Gasteiger partial charge >= 0.3 is 0 Å². The minimum absolute atomic E-state index is 0.102. The van der Waals surface area contributed by atoms with Gasteiger partial charge in [0.2, 0.25) is 0 Å². The number of nitrogens with one attached hydrogen (secondary N) is 1. The highest BCUT2D eigenvalue weighted by molar-refractivity contribution is 5.62. The number of likely N-dealkylation sites (tertiary alicyclic amines) is 1. The number of nitro groups is 1. The van der Waals surface area contributed by atoms with Crippen LogP contribution in [0.1, 0.15) is 31.2 Å². The van der Waals surface area contributed by atoms with E-state index >= 15 is 0 Å². The Hall–Kier alpha value is -1.66. The van der Waals surface area contributed by atoms with Crippen molar-refractivity contribution in [2.24, 2.45) is 0 Å². The number of aliphatic hydroxyl groups is 1. The van der Waals surface area contributed by atoms with Crippen molar-refractivity contribution in [3.05, 3.63) is 33.9 Å². The topological polar surface area (TPSA) is 78.6 Å². The number of hydrogen-bond acceptors (Lipinski definition) is 5. The normalized spacial score (nSPS) is 20.0. The summed E-state index contributed by atoms with van der Waals surface area (Å²) in [6.45, 7) is 1.74. The average Bonchev–Trinajstić information content (AvgIpc) is 2.72. The highest BCUT2D eigenvalue weighted by Gasteiger charge is 2.21. The molecule has 2 N–H and O–H groups in total. The van der Waals surface area contributed by atoms with Crippen LogP contribution < -0.4 is 5.32 Å². The van der Waals surface area contributed by atoms with Gasteiger partial charge in [0.15, 0.2) is 0 Å². The maximum absolute atomic E-state index is 11.1. The summed E-state index contributed by atoms with van der Waals surface area (Å²) in [6.07, 6.45) is 4.44. The van der Waals surface area contributed by atoms with Gasteiger partial charge in [-0.25, -0.2) is 0 Å². The maximum atomic E-state index is 11.1. The molecule has 1 saturated heterocycles. The van der Waals surface area contributed by atoms with Gasteiger partial charge in [0.1, 0.15) is 5.69 Å². The van der Waals surface area contributed by atoms with Crippen LogP contribution in [0.5, 0.6) is 0 Å². The molecule has 1 aliphatic rings. The molecule has 0 bridgehead atoms. The molecule has 2 rings (SSSR count). The summed E-state index contributed by atoms with van der Waals surface area (Å²) < 4.78 is 0. The molecule has 1 fully saturated rings. The third kappa shape index (κ3) is 3.92. The summed E-state index contributed by atoms with van der Waals surface area (Å²) in [5.74, 6) is 0. The number of nitrogens with zero attached hydrogens (tertiary/aromatic N) is 2. The number of rotatable bonds is 5. The fourth-order valence-corrected chi connectivity index (χ4v) is 2.92. The predicted octanol–water partition coefficient (Wildman–Crippen LogP) is 2.37. The largest absolute Gasteiger partial charge is 0.395 e. The zero-order chi connectivity index (χ0) is 15.2. The van der Waals surface area contributed by atoms with Crippen LogP contribution in [0.2, 0.25) is 0 Å². The molecule has 1 aliphatic heterocycles. The van der Waals surface area contributed by atoms with Crippen molar-refractivity contribution in [3.8, 4) is 0 Å². The minimum atomic E-state index is -0.360. The lowest BCUT2D eigenvalue weighted by atomic mass is 10.1. The van der Waals surface area contributed by atoms with Gasteiger partial charge in [-0.2, -0.15) is 0 Å². The third-order valence-corrected chi connectivity index (χ3v) is 4.12. The summed E-state index contributed by atoms with van der Waals surface area (Å²) in [5.41, 5.74) is 1.55. The molecule has 1 atom stereocenters. The first-order valence-electron chi connectivity index (χ1n) is 7.45. The molecule has 21 heavy (non-hydrogen) atoms. The molecule has 6 heteroatoms. The van der Waals surface area contributed by atoms with Crippen LogP contribution in [0, 0.1) is 10.1 Å². The van der Waals surface area contributed by atoms with Gasteiger partial charge in [-0.05, 0) is 31.0 Å². The van der Waals surface area contributed by atoms with Crippen molar-refractivity contribution in [2.45, 2.75) is 38.3 Å². The second-order valence-electron chi connectivity index (χ2n) is 5.51. The molecular weight excluding hydrogens is 270 g/mol. The highest BCUT2D eigenvalue weighted by Crippen LogP contribution is 2.27. The summed E-state index contributed by atoms with van der Waals surface area (Å²) in [5, 5.41) is 23.5. The van der Waals surface area contributed by atoms with Crippen molar-refractivity contribution < 1.29 is 10.0 Å². The van der Waals surface area contributed by atoms with Gasteiger partial charge in [0.25, 0.3) is 5.69 Å². The number of hydrogen-bond donors (Lipinski definition) is 2. The third-order valence-electron chi connectivity index (χ3n) is 4.12. The number of aliphatic hydroxyl groups excluding tert-OH is 1. The molecule has 116 valence electrons. The zero-order valence-corrected chi connectivity index (χ0v) is 12.4. The monoisotopic (exact) mass is 293 g/mol. The maximum Gasteiger partial charge on any atom is 0.292 e. The standard InChI is InChI=1S/C15H23N3O3/c1-16-14-7-6-12(9-15(14)18(20)21)10-17-8-4-2-3-5-13(17)11-19/h6-7,9,13,16,19H,2-5,8,10-11H2,1H3. The first-order chi connectivity index (χ1) is 10.2. The molecule has 1 unspecified atom stereocenters. The molecule has 0 saturated carbocycles. The van der Waals surface area contributed by atoms with E-state index in [0.29, 0.717) is 12.2 Å². The van der Waals surface area contributed by atoms with Crippen molar-refractivity contribution in [2.75, 3.05) is 25.5 Å². The van der Waals surface area contributed by atoms with Crippen molar-refractivity contribution >= 4 is 11.4 Å². The second-order valence-corrected chi connectivity index (χ2v) is 5.51. The van der Waals surface area contributed by atoms with Crippen LogP contribution in [0.3, 0.4) is 0 Å². The first kappa shape index (κ1) is 15.7. The fourth-order valence-electron chi connectivity index (χ4n) is 2.92. The summed E-state index contributed by atoms with van der Waals surface area (Å²) in [7, 11) is 1.68. The summed E-state index contributed by atoms with van der Waals surface area (Å²) in [6, 6.07) is 5.46. The average molecular weight is 293 g/mol. The molecular formula is C15H23N3O3. The van der Waals surface area contributed by atoms with Crippen LogP contribution in [-0.2, 0) is 6.54 Å². The fraction of sp³-hybridized carbons (Fsp3) is 0.600. The van der Waals surface area contributed by atoms with Crippen LogP contribution in [0.25, 0.3) is 0 Å². The van der Waals surface area contributed by atoms with Crippen LogP contribution in [-0.4, -0.2) is 41.2 Å². The molecule has 1 aromatic carbocycles. The van der Waals surface area contributed by atoms with Crippen LogP contribution in [0.15, 0.2) is 18.2 Å². The number of benzene rings is 1. The van der Waals surface area contributed by atoms with Gasteiger partial charge in [-0.1, -0.05) is 18.9 Å². The van der Waals surface area contributed by atoms with Crippen molar-refractivity contribution in [3.63, 3.8) is 0 Å². The Balaban J connectivity index is 2.17. The van der Waals surface area contributed by atoms with E-state index in [1.165, 1.54) is 6.42 Å². The van der Waals surface area contributed by atoms with Crippen LogP contribution >= 0.6 is 0 Å². The number of anilines is 1. The molecule has 0 radical (unpaired) electrons. The molecule has 1 heterocycles. The highest BCUT2D eigenvalue weighted by atomic mass is 16.6. The summed E-state index contributed by atoms with van der Waals surface area (Å²) in [4.78, 5) is 13.0. The molecule has 0 aliphatic carbocycles. The minimum Gasteiger partial charge on any atom is -0.395 e. The van der Waals surface area contributed by atoms with E-state index < -0.39 is 0 Å². The molecule has 6 nitrogen and oxygen atoms in total. The van der Waals surface area contributed by atoms with E-state index in [9.17, 15) is 15.2 Å². The Morgan fingerprint density at radius 3 is 2.90 bits per heavy atom. The lowest BCUT2D eigenvalue weighted by Crippen LogP contribution is -2.36.